The molecule has 0 unspecified atom stereocenters. The van der Waals surface area contributed by atoms with Gasteiger partial charge in [-0.25, -0.2) is 0 Å². The number of methoxy groups -OCH3 is 1. The molecule has 0 saturated heterocycles. The zero-order chi connectivity index (χ0) is 22.7. The van der Waals surface area contributed by atoms with Crippen LogP contribution in [0, 0.1) is 5.92 Å². The van der Waals surface area contributed by atoms with Crippen LogP contribution in [0.4, 0.5) is 0 Å². The van der Waals surface area contributed by atoms with Crippen LogP contribution < -0.4 is 15.4 Å². The number of aromatic nitrogens is 1. The Morgan fingerprint density at radius 3 is 2.84 bits per heavy atom. The number of rotatable bonds is 8. The third-order valence-electron chi connectivity index (χ3n) is 6.21. The van der Waals surface area contributed by atoms with E-state index >= 15 is 0 Å². The van der Waals surface area contributed by atoms with Crippen molar-refractivity contribution in [2.45, 2.75) is 51.9 Å². The molecule has 2 aromatic carbocycles. The Kier molecular flexibility index (Phi) is 6.66. The molecule has 2 heterocycles. The highest BCUT2D eigenvalue weighted by Crippen LogP contribution is 2.35. The fourth-order valence-corrected chi connectivity index (χ4v) is 4.81. The van der Waals surface area contributed by atoms with Gasteiger partial charge in [0, 0.05) is 41.8 Å². The van der Waals surface area contributed by atoms with Crippen molar-refractivity contribution in [2.75, 3.05) is 7.11 Å². The van der Waals surface area contributed by atoms with Crippen molar-refractivity contribution < 1.29 is 9.53 Å². The zero-order valence-corrected chi connectivity index (χ0v) is 19.2. The summed E-state index contributed by atoms with van der Waals surface area (Å²) < 4.78 is 7.67. The van der Waals surface area contributed by atoms with E-state index in [2.05, 4.69) is 60.0 Å². The lowest BCUT2D eigenvalue weighted by atomic mass is 9.94. The summed E-state index contributed by atoms with van der Waals surface area (Å²) >= 11 is 0. The van der Waals surface area contributed by atoms with Gasteiger partial charge in [-0.15, -0.1) is 6.58 Å². The summed E-state index contributed by atoms with van der Waals surface area (Å²) in [4.78, 5) is 13.3. The summed E-state index contributed by atoms with van der Waals surface area (Å²) in [5.41, 5.74) is 4.68. The molecular weight excluding hydrogens is 398 g/mol. The summed E-state index contributed by atoms with van der Waals surface area (Å²) in [6, 6.07) is 14.1. The minimum Gasteiger partial charge on any atom is -0.496 e. The number of hydrogen-bond donors (Lipinski definition) is 2. The van der Waals surface area contributed by atoms with E-state index in [1.54, 1.807) is 7.11 Å². The van der Waals surface area contributed by atoms with Crippen LogP contribution in [0.5, 0.6) is 5.75 Å². The second-order valence-corrected chi connectivity index (χ2v) is 8.97. The molecule has 32 heavy (non-hydrogen) atoms. The lowest BCUT2D eigenvalue weighted by Crippen LogP contribution is -2.46. The van der Waals surface area contributed by atoms with Crippen LogP contribution in [-0.2, 0) is 24.3 Å². The third-order valence-corrected chi connectivity index (χ3v) is 6.21. The number of para-hydroxylation sites is 1. The fourth-order valence-electron chi connectivity index (χ4n) is 4.81. The van der Waals surface area contributed by atoms with Gasteiger partial charge in [0.05, 0.1) is 13.2 Å². The number of amides is 1. The highest BCUT2D eigenvalue weighted by Gasteiger charge is 2.30. The first kappa shape index (κ1) is 22.2. The van der Waals surface area contributed by atoms with Gasteiger partial charge in [-0.05, 0) is 42.0 Å². The number of ether oxygens (including phenoxy) is 1. The van der Waals surface area contributed by atoms with Crippen LogP contribution in [0.3, 0.4) is 0 Å². The van der Waals surface area contributed by atoms with Crippen LogP contribution in [0.15, 0.2) is 61.3 Å². The molecule has 1 aliphatic rings. The monoisotopic (exact) mass is 431 g/mol. The first-order valence-corrected chi connectivity index (χ1v) is 11.4. The topological polar surface area (TPSA) is 55.3 Å². The van der Waals surface area contributed by atoms with E-state index < -0.39 is 0 Å². The van der Waals surface area contributed by atoms with E-state index in [1.165, 1.54) is 22.0 Å². The summed E-state index contributed by atoms with van der Waals surface area (Å²) in [5.74, 6) is 1.31. The van der Waals surface area contributed by atoms with Gasteiger partial charge < -0.3 is 14.6 Å². The number of carbonyl (C=O) groups excluding carboxylic acids is 1. The van der Waals surface area contributed by atoms with E-state index in [0.29, 0.717) is 18.9 Å². The van der Waals surface area contributed by atoms with Gasteiger partial charge in [0.2, 0.25) is 5.91 Å². The first-order chi connectivity index (χ1) is 15.5. The first-order valence-electron chi connectivity index (χ1n) is 11.4. The van der Waals surface area contributed by atoms with Gasteiger partial charge in [0.15, 0.2) is 0 Å². The zero-order valence-electron chi connectivity index (χ0n) is 19.2. The van der Waals surface area contributed by atoms with E-state index in [1.807, 2.05) is 30.3 Å². The van der Waals surface area contributed by atoms with E-state index in [9.17, 15) is 4.79 Å². The molecule has 4 rings (SSSR count). The van der Waals surface area contributed by atoms with Crippen molar-refractivity contribution in [3.8, 4) is 5.75 Å². The minimum atomic E-state index is -0.302. The summed E-state index contributed by atoms with van der Waals surface area (Å²) in [6.07, 6.45) is 5.74. The molecule has 5 nitrogen and oxygen atoms in total. The number of hydrogen-bond acceptors (Lipinski definition) is 3. The quantitative estimate of drug-likeness (QED) is 0.506. The summed E-state index contributed by atoms with van der Waals surface area (Å²) in [5, 5.41) is 8.10. The number of allylic oxidation sites excluding steroid dienone is 1. The van der Waals surface area contributed by atoms with E-state index in [0.717, 1.165) is 24.3 Å². The van der Waals surface area contributed by atoms with Crippen LogP contribution in [0.25, 0.3) is 10.9 Å². The number of benzene rings is 2. The fraction of sp³-hybridized carbons (Fsp3) is 0.370. The van der Waals surface area contributed by atoms with Gasteiger partial charge in [-0.1, -0.05) is 50.3 Å². The Bertz CT molecular complexity index is 1120. The molecule has 1 aromatic heterocycles. The SMILES string of the molecule is C=CCn1cc2c3c(cccc31)[C@H](CC(C)C)N[C@H](C(=O)NCc1ccccc1OC)C2. The maximum atomic E-state index is 13.3. The number of carbonyl (C=O) groups is 1. The van der Waals surface area contributed by atoms with Crippen LogP contribution in [0.2, 0.25) is 0 Å². The van der Waals surface area contributed by atoms with Crippen LogP contribution >= 0.6 is 0 Å². The second kappa shape index (κ2) is 9.61. The molecule has 3 aromatic rings. The highest BCUT2D eigenvalue weighted by atomic mass is 16.5. The van der Waals surface area contributed by atoms with Crippen molar-refractivity contribution in [1.82, 2.24) is 15.2 Å². The molecular formula is C27H33N3O2. The average Bonchev–Trinajstić information content (AvgIpc) is 3.05. The molecule has 2 N–H and O–H groups in total. The van der Waals surface area contributed by atoms with Crippen molar-refractivity contribution in [2.24, 2.45) is 5.92 Å². The smallest absolute Gasteiger partial charge is 0.237 e. The van der Waals surface area contributed by atoms with Crippen LogP contribution in [-0.4, -0.2) is 23.6 Å². The normalized spacial score (nSPS) is 17.9. The molecule has 0 fully saturated rings. The third kappa shape index (κ3) is 4.44. The standard InChI is InChI=1S/C27H33N3O2/c1-5-13-30-17-20-15-23(27(31)28-16-19-9-6-7-12-25(19)32-4)29-22(14-18(2)3)21-10-8-11-24(30)26(20)21/h5-12,17-18,22-23,29H,1,13-16H2,2-4H3,(H,28,31)/t22-,23-/m0/s1. The average molecular weight is 432 g/mol. The maximum absolute atomic E-state index is 13.3. The van der Waals surface area contributed by atoms with E-state index in [-0.39, 0.29) is 18.0 Å². The molecule has 0 spiro atoms. The van der Waals surface area contributed by atoms with E-state index in [4.69, 9.17) is 4.74 Å². The molecule has 168 valence electrons. The molecule has 0 saturated carbocycles. The Morgan fingerprint density at radius 2 is 2.09 bits per heavy atom. The number of nitrogens with zero attached hydrogens (tertiary/aromatic N) is 1. The predicted molar refractivity (Wildman–Crippen MR) is 130 cm³/mol. The van der Waals surface area contributed by atoms with Gasteiger partial charge in [0.1, 0.15) is 5.75 Å². The van der Waals surface area contributed by atoms with Crippen molar-refractivity contribution in [1.29, 1.82) is 0 Å². The molecule has 2 atom stereocenters. The maximum Gasteiger partial charge on any atom is 0.237 e. The molecule has 1 aliphatic heterocycles. The number of nitrogens with one attached hydrogen (secondary N) is 2. The minimum absolute atomic E-state index is 0.0158. The molecule has 5 heteroatoms. The highest BCUT2D eigenvalue weighted by molar-refractivity contribution is 5.90. The lowest BCUT2D eigenvalue weighted by Gasteiger charge is -2.25. The Balaban J connectivity index is 1.64. The molecule has 1 amide bonds. The lowest BCUT2D eigenvalue weighted by molar-refractivity contribution is -0.123. The Labute approximate surface area is 190 Å². The van der Waals surface area contributed by atoms with Gasteiger partial charge >= 0.3 is 0 Å². The van der Waals surface area contributed by atoms with Gasteiger partial charge in [-0.2, -0.15) is 0 Å². The van der Waals surface area contributed by atoms with Gasteiger partial charge in [-0.3, -0.25) is 10.1 Å². The summed E-state index contributed by atoms with van der Waals surface area (Å²) in [7, 11) is 1.65. The van der Waals surface area contributed by atoms with Crippen molar-refractivity contribution in [3.63, 3.8) is 0 Å². The second-order valence-electron chi connectivity index (χ2n) is 8.97. The van der Waals surface area contributed by atoms with Crippen molar-refractivity contribution >= 4 is 16.8 Å². The van der Waals surface area contributed by atoms with Crippen molar-refractivity contribution in [3.05, 3.63) is 78.0 Å². The molecule has 0 aliphatic carbocycles. The Morgan fingerprint density at radius 1 is 1.28 bits per heavy atom. The largest absolute Gasteiger partial charge is 0.496 e. The predicted octanol–water partition coefficient (Wildman–Crippen LogP) is 4.75. The van der Waals surface area contributed by atoms with Gasteiger partial charge in [0.25, 0.3) is 0 Å². The molecule has 0 bridgehead atoms. The molecule has 0 radical (unpaired) electrons. The summed E-state index contributed by atoms with van der Waals surface area (Å²) in [6.45, 7) is 9.57. The van der Waals surface area contributed by atoms with Crippen LogP contribution in [0.1, 0.15) is 43.0 Å². The Hall–Kier alpha value is -3.05.